The van der Waals surface area contributed by atoms with Gasteiger partial charge in [-0.25, -0.2) is 0 Å². The Morgan fingerprint density at radius 2 is 1.90 bits per heavy atom. The first kappa shape index (κ1) is 21.6. The Balaban J connectivity index is 1.48. The molecule has 7 nitrogen and oxygen atoms in total. The van der Waals surface area contributed by atoms with Gasteiger partial charge in [-0.2, -0.15) is 0 Å². The second-order valence-corrected chi connectivity index (χ2v) is 8.07. The maximum Gasteiger partial charge on any atom is 0.234 e. The Morgan fingerprint density at radius 1 is 1.17 bits per heavy atom. The minimum Gasteiger partial charge on any atom is -0.355 e. The highest BCUT2D eigenvalue weighted by atomic mass is 35.5. The number of nitrogens with one attached hydrogen (secondary N) is 1. The van der Waals surface area contributed by atoms with E-state index in [2.05, 4.69) is 17.1 Å². The molecule has 29 heavy (non-hydrogen) atoms. The highest BCUT2D eigenvalue weighted by molar-refractivity contribution is 6.33. The van der Waals surface area contributed by atoms with E-state index in [0.29, 0.717) is 56.5 Å². The quantitative estimate of drug-likeness (QED) is 0.682. The maximum atomic E-state index is 12.9. The number of anilines is 1. The molecule has 8 heteroatoms. The predicted octanol–water partition coefficient (Wildman–Crippen LogP) is 1.75. The smallest absolute Gasteiger partial charge is 0.234 e. The van der Waals surface area contributed by atoms with Gasteiger partial charge >= 0.3 is 0 Å². The van der Waals surface area contributed by atoms with E-state index in [4.69, 9.17) is 11.6 Å². The van der Waals surface area contributed by atoms with Crippen LogP contribution in [0.5, 0.6) is 0 Å². The van der Waals surface area contributed by atoms with Crippen LogP contribution < -0.4 is 10.2 Å². The fourth-order valence-electron chi connectivity index (χ4n) is 3.82. The van der Waals surface area contributed by atoms with Gasteiger partial charge in [0.15, 0.2) is 0 Å². The Morgan fingerprint density at radius 3 is 2.59 bits per heavy atom. The van der Waals surface area contributed by atoms with Crippen molar-refractivity contribution in [2.45, 2.75) is 26.2 Å². The van der Waals surface area contributed by atoms with Crippen molar-refractivity contribution in [3.8, 4) is 0 Å². The maximum absolute atomic E-state index is 12.9. The summed E-state index contributed by atoms with van der Waals surface area (Å²) in [6.45, 7) is 6.04. The lowest BCUT2D eigenvalue weighted by Crippen LogP contribution is -2.52. The van der Waals surface area contributed by atoms with Crippen LogP contribution in [0.25, 0.3) is 0 Å². The number of rotatable bonds is 7. The molecule has 2 saturated heterocycles. The lowest BCUT2D eigenvalue weighted by atomic mass is 10.1. The van der Waals surface area contributed by atoms with Gasteiger partial charge in [-0.05, 0) is 18.6 Å². The van der Waals surface area contributed by atoms with Gasteiger partial charge in [0.2, 0.25) is 17.7 Å². The molecule has 2 aliphatic heterocycles. The summed E-state index contributed by atoms with van der Waals surface area (Å²) in [6.07, 6.45) is 2.25. The summed E-state index contributed by atoms with van der Waals surface area (Å²) in [6, 6.07) is 7.20. The van der Waals surface area contributed by atoms with E-state index in [0.717, 1.165) is 12.8 Å². The third-order valence-electron chi connectivity index (χ3n) is 5.52. The fraction of sp³-hybridized carbons (Fsp3) is 0.571. The zero-order valence-corrected chi connectivity index (χ0v) is 17.7. The molecule has 3 rings (SSSR count). The molecule has 0 bridgehead atoms. The molecule has 0 radical (unpaired) electrons. The van der Waals surface area contributed by atoms with E-state index in [1.807, 2.05) is 17.0 Å². The van der Waals surface area contributed by atoms with E-state index in [9.17, 15) is 14.4 Å². The van der Waals surface area contributed by atoms with Crippen molar-refractivity contribution in [3.05, 3.63) is 29.3 Å². The molecule has 1 N–H and O–H groups in total. The molecular formula is C21H29ClN4O3. The van der Waals surface area contributed by atoms with Gasteiger partial charge < -0.3 is 15.1 Å². The molecule has 2 heterocycles. The molecule has 1 unspecified atom stereocenters. The zero-order valence-electron chi connectivity index (χ0n) is 16.9. The third kappa shape index (κ3) is 5.48. The molecule has 1 aromatic rings. The van der Waals surface area contributed by atoms with Crippen molar-refractivity contribution in [2.24, 2.45) is 5.92 Å². The minimum absolute atomic E-state index is 0.0138. The predicted molar refractivity (Wildman–Crippen MR) is 113 cm³/mol. The van der Waals surface area contributed by atoms with E-state index >= 15 is 0 Å². The fourth-order valence-corrected chi connectivity index (χ4v) is 4.06. The van der Waals surface area contributed by atoms with E-state index < -0.39 is 0 Å². The second kappa shape index (κ2) is 10.1. The Labute approximate surface area is 177 Å². The van der Waals surface area contributed by atoms with E-state index in [-0.39, 0.29) is 30.1 Å². The topological polar surface area (TPSA) is 73.0 Å². The molecule has 0 aliphatic carbocycles. The summed E-state index contributed by atoms with van der Waals surface area (Å²) in [5.41, 5.74) is 0.661. The van der Waals surface area contributed by atoms with Gasteiger partial charge in [0.05, 0.1) is 23.2 Å². The van der Waals surface area contributed by atoms with Crippen LogP contribution >= 0.6 is 11.6 Å². The van der Waals surface area contributed by atoms with Gasteiger partial charge in [-0.3, -0.25) is 19.3 Å². The lowest BCUT2D eigenvalue weighted by Gasteiger charge is -2.35. The van der Waals surface area contributed by atoms with Crippen LogP contribution in [0.2, 0.25) is 5.02 Å². The Bertz CT molecular complexity index is 749. The summed E-state index contributed by atoms with van der Waals surface area (Å²) >= 11 is 6.22. The summed E-state index contributed by atoms with van der Waals surface area (Å²) < 4.78 is 0. The Hall–Kier alpha value is -2.12. The van der Waals surface area contributed by atoms with Crippen LogP contribution in [0.4, 0.5) is 5.69 Å². The largest absolute Gasteiger partial charge is 0.355 e. The molecule has 3 amide bonds. The van der Waals surface area contributed by atoms with Gasteiger partial charge in [-0.15, -0.1) is 0 Å². The van der Waals surface area contributed by atoms with Crippen molar-refractivity contribution < 1.29 is 14.4 Å². The number of carbonyl (C=O) groups excluding carboxylic acids is 3. The second-order valence-electron chi connectivity index (χ2n) is 7.66. The molecule has 158 valence electrons. The Kier molecular flexibility index (Phi) is 7.50. The zero-order chi connectivity index (χ0) is 20.8. The van der Waals surface area contributed by atoms with Gasteiger partial charge in [0.25, 0.3) is 0 Å². The van der Waals surface area contributed by atoms with Crippen LogP contribution in [0.15, 0.2) is 24.3 Å². The highest BCUT2D eigenvalue weighted by Crippen LogP contribution is 2.31. The molecule has 1 aromatic carbocycles. The minimum atomic E-state index is -0.345. The van der Waals surface area contributed by atoms with Gasteiger partial charge in [0.1, 0.15) is 0 Å². The van der Waals surface area contributed by atoms with E-state index in [1.54, 1.807) is 17.0 Å². The third-order valence-corrected chi connectivity index (χ3v) is 5.84. The van der Waals surface area contributed by atoms with Crippen molar-refractivity contribution >= 4 is 35.0 Å². The van der Waals surface area contributed by atoms with E-state index in [1.165, 1.54) is 0 Å². The molecular weight excluding hydrogens is 392 g/mol. The average Bonchev–Trinajstić information content (AvgIpc) is 3.10. The molecule has 2 fully saturated rings. The van der Waals surface area contributed by atoms with Crippen LogP contribution in [-0.4, -0.2) is 73.3 Å². The van der Waals surface area contributed by atoms with Crippen LogP contribution in [0.3, 0.4) is 0 Å². The van der Waals surface area contributed by atoms with Crippen molar-refractivity contribution in [1.29, 1.82) is 0 Å². The van der Waals surface area contributed by atoms with Crippen molar-refractivity contribution in [1.82, 2.24) is 15.1 Å². The van der Waals surface area contributed by atoms with Gasteiger partial charge in [0, 0.05) is 45.7 Å². The molecule has 2 aliphatic rings. The number of halogens is 1. The number of hydrogen-bond donors (Lipinski definition) is 1. The number of carbonyl (C=O) groups is 3. The molecule has 0 aromatic heterocycles. The van der Waals surface area contributed by atoms with Crippen LogP contribution in [-0.2, 0) is 14.4 Å². The summed E-state index contributed by atoms with van der Waals surface area (Å²) in [5.74, 6) is -0.364. The molecule has 0 spiro atoms. The number of nitrogens with zero attached hydrogens (tertiary/aromatic N) is 3. The van der Waals surface area contributed by atoms with Crippen LogP contribution in [0.1, 0.15) is 26.2 Å². The number of para-hydroxylation sites is 1. The summed E-state index contributed by atoms with van der Waals surface area (Å²) in [5, 5.41) is 3.44. The average molecular weight is 421 g/mol. The lowest BCUT2D eigenvalue weighted by molar-refractivity contribution is -0.137. The van der Waals surface area contributed by atoms with Crippen LogP contribution in [0, 0.1) is 5.92 Å². The summed E-state index contributed by atoms with van der Waals surface area (Å²) in [4.78, 5) is 42.8. The first-order chi connectivity index (χ1) is 14.0. The normalized spacial score (nSPS) is 20.2. The van der Waals surface area contributed by atoms with Gasteiger partial charge in [-0.1, -0.05) is 37.1 Å². The van der Waals surface area contributed by atoms with Crippen molar-refractivity contribution in [3.63, 3.8) is 0 Å². The SMILES string of the molecule is CCCCNC(=O)CN1CCN(C(=O)C2CC(=O)N(c3ccccc3Cl)C2)CC1. The first-order valence-corrected chi connectivity index (χ1v) is 10.7. The highest BCUT2D eigenvalue weighted by Gasteiger charge is 2.38. The van der Waals surface area contributed by atoms with Crippen molar-refractivity contribution in [2.75, 3.05) is 50.7 Å². The number of hydrogen-bond acceptors (Lipinski definition) is 4. The number of amides is 3. The number of benzene rings is 1. The monoisotopic (exact) mass is 420 g/mol. The number of unbranched alkanes of at least 4 members (excludes halogenated alkanes) is 1. The first-order valence-electron chi connectivity index (χ1n) is 10.3. The molecule has 1 atom stereocenters. The summed E-state index contributed by atoms with van der Waals surface area (Å²) in [7, 11) is 0. The standard InChI is InChI=1S/C21H29ClN4O3/c1-2-3-8-23-19(27)15-24-9-11-25(12-10-24)21(29)16-13-20(28)26(14-16)18-7-5-4-6-17(18)22/h4-7,16H,2-3,8-15H2,1H3,(H,23,27). The molecule has 0 saturated carbocycles. The number of piperazine rings is 1.